The monoisotopic (exact) mass is 347 g/mol. The molecule has 0 saturated heterocycles. The zero-order valence-electron chi connectivity index (χ0n) is 12.2. The van der Waals surface area contributed by atoms with Crippen molar-refractivity contribution in [1.82, 2.24) is 20.2 Å². The minimum atomic E-state index is -0.357. The molecule has 0 N–H and O–H groups in total. The van der Waals surface area contributed by atoms with Crippen molar-refractivity contribution in [1.29, 1.82) is 0 Å². The summed E-state index contributed by atoms with van der Waals surface area (Å²) in [6, 6.07) is 9.14. The van der Waals surface area contributed by atoms with E-state index in [2.05, 4.69) is 15.5 Å². The topological polar surface area (TPSA) is 86.7 Å². The van der Waals surface area contributed by atoms with Gasteiger partial charge >= 0.3 is 0 Å². The van der Waals surface area contributed by atoms with Crippen LogP contribution >= 0.6 is 23.1 Å². The van der Waals surface area contributed by atoms with Gasteiger partial charge in [0.1, 0.15) is 0 Å². The largest absolute Gasteiger partial charge is 0.272 e. The number of tetrazole rings is 1. The Bertz CT molecular complexity index is 816. The SMILES string of the molecule is Cc1c(CSc2nnnn2Cc2cccs2)cccc1[N+](=O)[O-]. The Balaban J connectivity index is 1.73. The van der Waals surface area contributed by atoms with E-state index < -0.39 is 0 Å². The van der Waals surface area contributed by atoms with E-state index in [1.165, 1.54) is 22.7 Å². The van der Waals surface area contributed by atoms with E-state index in [0.717, 1.165) is 5.56 Å². The first-order valence-electron chi connectivity index (χ1n) is 6.79. The second kappa shape index (κ2) is 6.88. The summed E-state index contributed by atoms with van der Waals surface area (Å²) in [7, 11) is 0. The maximum Gasteiger partial charge on any atom is 0.272 e. The summed E-state index contributed by atoms with van der Waals surface area (Å²) in [6.45, 7) is 2.39. The molecule has 0 aliphatic rings. The maximum atomic E-state index is 11.0. The normalized spacial score (nSPS) is 10.8. The molecule has 0 spiro atoms. The number of nitrogens with zero attached hydrogens (tertiary/aromatic N) is 5. The van der Waals surface area contributed by atoms with Crippen molar-refractivity contribution in [2.24, 2.45) is 0 Å². The Kier molecular flexibility index (Phi) is 4.68. The predicted molar refractivity (Wildman–Crippen MR) is 88.6 cm³/mol. The van der Waals surface area contributed by atoms with Gasteiger partial charge in [0.05, 0.1) is 11.5 Å². The van der Waals surface area contributed by atoms with Crippen LogP contribution in [0.15, 0.2) is 40.9 Å². The Hall–Kier alpha value is -2.26. The number of nitro groups is 1. The van der Waals surface area contributed by atoms with Gasteiger partial charge in [0, 0.05) is 22.3 Å². The standard InChI is InChI=1S/C14H13N5O2S2/c1-10-11(4-2-6-13(10)19(20)21)9-23-14-15-16-17-18(14)8-12-5-3-7-22-12/h2-7H,8-9H2,1H3. The van der Waals surface area contributed by atoms with Crippen molar-refractivity contribution >= 4 is 28.8 Å². The molecule has 1 aromatic carbocycles. The molecule has 3 rings (SSSR count). The second-order valence-electron chi connectivity index (χ2n) is 4.81. The van der Waals surface area contributed by atoms with Crippen molar-refractivity contribution in [3.8, 4) is 0 Å². The molecule has 0 amide bonds. The molecule has 0 fully saturated rings. The van der Waals surface area contributed by atoms with E-state index in [4.69, 9.17) is 0 Å². The van der Waals surface area contributed by atoms with Crippen LogP contribution in [-0.4, -0.2) is 25.1 Å². The van der Waals surface area contributed by atoms with Crippen LogP contribution in [0.2, 0.25) is 0 Å². The van der Waals surface area contributed by atoms with Crippen LogP contribution in [0.25, 0.3) is 0 Å². The highest BCUT2D eigenvalue weighted by Crippen LogP contribution is 2.27. The van der Waals surface area contributed by atoms with Crippen molar-refractivity contribution in [2.75, 3.05) is 0 Å². The van der Waals surface area contributed by atoms with Crippen LogP contribution in [0.4, 0.5) is 5.69 Å². The molecule has 9 heteroatoms. The van der Waals surface area contributed by atoms with Crippen molar-refractivity contribution in [3.63, 3.8) is 0 Å². The number of nitro benzene ring substituents is 1. The van der Waals surface area contributed by atoms with E-state index in [0.29, 0.717) is 23.0 Å². The molecule has 118 valence electrons. The number of benzene rings is 1. The van der Waals surface area contributed by atoms with Crippen LogP contribution in [0.5, 0.6) is 0 Å². The molecule has 2 aromatic heterocycles. The Morgan fingerprint density at radius 1 is 1.35 bits per heavy atom. The summed E-state index contributed by atoms with van der Waals surface area (Å²) in [5.41, 5.74) is 1.73. The third kappa shape index (κ3) is 3.57. The fourth-order valence-electron chi connectivity index (χ4n) is 2.12. The van der Waals surface area contributed by atoms with Gasteiger partial charge in [0.2, 0.25) is 5.16 Å². The molecule has 0 saturated carbocycles. The van der Waals surface area contributed by atoms with Crippen molar-refractivity contribution in [3.05, 3.63) is 61.8 Å². The average Bonchev–Trinajstić information content (AvgIpc) is 3.18. The Morgan fingerprint density at radius 3 is 2.96 bits per heavy atom. The molecule has 3 aromatic rings. The average molecular weight is 347 g/mol. The predicted octanol–water partition coefficient (Wildman–Crippen LogP) is 3.29. The third-order valence-electron chi connectivity index (χ3n) is 3.36. The first kappa shape index (κ1) is 15.6. The van der Waals surface area contributed by atoms with E-state index in [9.17, 15) is 10.1 Å². The molecule has 0 radical (unpaired) electrons. The minimum absolute atomic E-state index is 0.140. The molecule has 0 atom stereocenters. The number of hydrogen-bond donors (Lipinski definition) is 0. The summed E-state index contributed by atoms with van der Waals surface area (Å²) >= 11 is 3.12. The zero-order valence-corrected chi connectivity index (χ0v) is 13.9. The minimum Gasteiger partial charge on any atom is -0.258 e. The van der Waals surface area contributed by atoms with Crippen molar-refractivity contribution < 1.29 is 4.92 Å². The highest BCUT2D eigenvalue weighted by atomic mass is 32.2. The Morgan fingerprint density at radius 2 is 2.22 bits per heavy atom. The highest BCUT2D eigenvalue weighted by molar-refractivity contribution is 7.98. The van der Waals surface area contributed by atoms with Gasteiger partial charge in [-0.15, -0.1) is 16.4 Å². The molecule has 23 heavy (non-hydrogen) atoms. The smallest absolute Gasteiger partial charge is 0.258 e. The van der Waals surface area contributed by atoms with Crippen molar-refractivity contribution in [2.45, 2.75) is 24.4 Å². The first-order valence-corrected chi connectivity index (χ1v) is 8.66. The Labute approximate surface area is 140 Å². The molecule has 7 nitrogen and oxygen atoms in total. The van der Waals surface area contributed by atoms with E-state index in [1.54, 1.807) is 29.0 Å². The van der Waals surface area contributed by atoms with Gasteiger partial charge in [-0.3, -0.25) is 10.1 Å². The summed E-state index contributed by atoms with van der Waals surface area (Å²) < 4.78 is 1.74. The van der Waals surface area contributed by atoms with Gasteiger partial charge in [-0.05, 0) is 34.4 Å². The van der Waals surface area contributed by atoms with Gasteiger partial charge < -0.3 is 0 Å². The third-order valence-corrected chi connectivity index (χ3v) is 5.22. The lowest BCUT2D eigenvalue weighted by Gasteiger charge is -2.06. The number of hydrogen-bond acceptors (Lipinski definition) is 7. The molecular weight excluding hydrogens is 334 g/mol. The molecular formula is C14H13N5O2S2. The first-order chi connectivity index (χ1) is 11.1. The molecule has 2 heterocycles. The van der Waals surface area contributed by atoms with Crippen LogP contribution in [0.1, 0.15) is 16.0 Å². The molecule has 0 aliphatic carbocycles. The van der Waals surface area contributed by atoms with Crippen LogP contribution in [-0.2, 0) is 12.3 Å². The van der Waals surface area contributed by atoms with Gasteiger partial charge in [-0.1, -0.05) is 30.0 Å². The number of rotatable bonds is 6. The maximum absolute atomic E-state index is 11.0. The molecule has 0 aliphatic heterocycles. The summed E-state index contributed by atoms with van der Waals surface area (Å²) in [5, 5.41) is 25.5. The fraction of sp³-hybridized carbons (Fsp3) is 0.214. The van der Waals surface area contributed by atoms with Gasteiger partial charge in [-0.25, -0.2) is 4.68 Å². The summed E-state index contributed by atoms with van der Waals surface area (Å²) in [6.07, 6.45) is 0. The summed E-state index contributed by atoms with van der Waals surface area (Å²) in [5.74, 6) is 0.582. The van der Waals surface area contributed by atoms with Crippen LogP contribution in [0, 0.1) is 17.0 Å². The number of thioether (sulfide) groups is 1. The van der Waals surface area contributed by atoms with Crippen LogP contribution < -0.4 is 0 Å². The second-order valence-corrected chi connectivity index (χ2v) is 6.78. The van der Waals surface area contributed by atoms with E-state index >= 15 is 0 Å². The van der Waals surface area contributed by atoms with Gasteiger partial charge in [0.25, 0.3) is 5.69 Å². The van der Waals surface area contributed by atoms with Gasteiger partial charge in [-0.2, -0.15) is 0 Å². The lowest BCUT2D eigenvalue weighted by molar-refractivity contribution is -0.385. The van der Waals surface area contributed by atoms with Gasteiger partial charge in [0.15, 0.2) is 0 Å². The zero-order chi connectivity index (χ0) is 16.2. The van der Waals surface area contributed by atoms with E-state index in [-0.39, 0.29) is 10.6 Å². The lowest BCUT2D eigenvalue weighted by atomic mass is 10.1. The molecule has 0 unspecified atom stereocenters. The fourth-order valence-corrected chi connectivity index (χ4v) is 3.74. The lowest BCUT2D eigenvalue weighted by Crippen LogP contribution is -2.02. The number of thiophene rings is 1. The summed E-state index contributed by atoms with van der Waals surface area (Å²) in [4.78, 5) is 11.8. The quantitative estimate of drug-likeness (QED) is 0.386. The number of aromatic nitrogens is 4. The molecule has 0 bridgehead atoms. The van der Waals surface area contributed by atoms with E-state index in [1.807, 2.05) is 23.6 Å². The highest BCUT2D eigenvalue weighted by Gasteiger charge is 2.15. The van der Waals surface area contributed by atoms with Crippen LogP contribution in [0.3, 0.4) is 0 Å².